The Morgan fingerprint density at radius 2 is 1.65 bits per heavy atom. The van der Waals surface area contributed by atoms with Gasteiger partial charge in [0, 0.05) is 16.3 Å². The van der Waals surface area contributed by atoms with Gasteiger partial charge in [-0.3, -0.25) is 0 Å². The van der Waals surface area contributed by atoms with E-state index in [0.29, 0.717) is 0 Å². The van der Waals surface area contributed by atoms with Crippen LogP contribution in [0.1, 0.15) is 11.4 Å². The van der Waals surface area contributed by atoms with E-state index in [4.69, 9.17) is 0 Å². The molecular formula is C17H16N2S. The molecule has 3 rings (SSSR count). The molecule has 3 heteroatoms. The molecule has 1 N–H and O–H groups in total. The number of nitrogens with one attached hydrogen (secondary N) is 1. The van der Waals surface area contributed by atoms with Crippen molar-refractivity contribution in [1.29, 1.82) is 0 Å². The van der Waals surface area contributed by atoms with Crippen LogP contribution in [0.3, 0.4) is 0 Å². The first-order valence-corrected chi connectivity index (χ1v) is 7.58. The van der Waals surface area contributed by atoms with Crippen molar-refractivity contribution >= 4 is 11.8 Å². The average molecular weight is 280 g/mol. The second kappa shape index (κ2) is 5.97. The Labute approximate surface area is 123 Å². The number of thioether (sulfide) groups is 1. The smallest absolute Gasteiger partial charge is 0.0925 e. The lowest BCUT2D eigenvalue weighted by molar-refractivity contribution is 1.19. The standard InChI is InChI=1S/C17H16N2S/c1-13-17(19-12-18-13)11-20-16-9-7-15(8-10-16)14-5-3-2-4-6-14/h2-10,12H,11H2,1H3,(H,18,19). The molecule has 0 saturated heterocycles. The zero-order valence-electron chi connectivity index (χ0n) is 11.3. The van der Waals surface area contributed by atoms with Crippen molar-refractivity contribution in [2.45, 2.75) is 17.6 Å². The quantitative estimate of drug-likeness (QED) is 0.703. The Morgan fingerprint density at radius 3 is 2.30 bits per heavy atom. The number of nitrogens with zero attached hydrogens (tertiary/aromatic N) is 1. The fourth-order valence-corrected chi connectivity index (χ4v) is 2.98. The maximum atomic E-state index is 4.32. The summed E-state index contributed by atoms with van der Waals surface area (Å²) in [6, 6.07) is 19.1. The van der Waals surface area contributed by atoms with Crippen molar-refractivity contribution in [2.75, 3.05) is 0 Å². The molecule has 0 aliphatic rings. The molecule has 1 aromatic heterocycles. The third kappa shape index (κ3) is 2.94. The monoisotopic (exact) mass is 280 g/mol. The van der Waals surface area contributed by atoms with Crippen LogP contribution in [-0.2, 0) is 5.75 Å². The normalized spacial score (nSPS) is 10.7. The van der Waals surface area contributed by atoms with Crippen LogP contribution in [0, 0.1) is 6.92 Å². The van der Waals surface area contributed by atoms with Gasteiger partial charge in [-0.05, 0) is 30.2 Å². The van der Waals surface area contributed by atoms with Crippen LogP contribution in [0.25, 0.3) is 11.1 Å². The molecule has 0 unspecified atom stereocenters. The van der Waals surface area contributed by atoms with E-state index in [0.717, 1.165) is 17.1 Å². The van der Waals surface area contributed by atoms with Crippen molar-refractivity contribution in [1.82, 2.24) is 9.97 Å². The van der Waals surface area contributed by atoms with Crippen LogP contribution in [0.5, 0.6) is 0 Å². The minimum Gasteiger partial charge on any atom is -0.348 e. The Balaban J connectivity index is 1.69. The van der Waals surface area contributed by atoms with Gasteiger partial charge in [-0.25, -0.2) is 4.98 Å². The number of aryl methyl sites for hydroxylation is 1. The fourth-order valence-electron chi connectivity index (χ4n) is 2.06. The Hall–Kier alpha value is -2.00. The van der Waals surface area contributed by atoms with Gasteiger partial charge >= 0.3 is 0 Å². The molecule has 1 heterocycles. The number of aromatic nitrogens is 2. The van der Waals surface area contributed by atoms with Crippen LogP contribution in [0.15, 0.2) is 65.8 Å². The molecule has 0 amide bonds. The van der Waals surface area contributed by atoms with E-state index in [1.165, 1.54) is 16.0 Å². The second-order valence-electron chi connectivity index (χ2n) is 4.65. The summed E-state index contributed by atoms with van der Waals surface area (Å²) in [5, 5.41) is 0. The Kier molecular flexibility index (Phi) is 3.88. The summed E-state index contributed by atoms with van der Waals surface area (Å²) >= 11 is 1.81. The second-order valence-corrected chi connectivity index (χ2v) is 5.70. The molecule has 0 aliphatic carbocycles. The lowest BCUT2D eigenvalue weighted by Crippen LogP contribution is -1.84. The van der Waals surface area contributed by atoms with Crippen molar-refractivity contribution in [3.05, 3.63) is 72.3 Å². The van der Waals surface area contributed by atoms with Crippen LogP contribution in [0.2, 0.25) is 0 Å². The predicted molar refractivity (Wildman–Crippen MR) is 84.8 cm³/mol. The van der Waals surface area contributed by atoms with E-state index in [1.54, 1.807) is 6.33 Å². The van der Waals surface area contributed by atoms with Crippen molar-refractivity contribution in [3.63, 3.8) is 0 Å². The van der Waals surface area contributed by atoms with E-state index < -0.39 is 0 Å². The highest BCUT2D eigenvalue weighted by Gasteiger charge is 2.03. The molecule has 100 valence electrons. The number of H-pyrrole nitrogens is 1. The summed E-state index contributed by atoms with van der Waals surface area (Å²) in [4.78, 5) is 8.70. The van der Waals surface area contributed by atoms with Crippen LogP contribution < -0.4 is 0 Å². The maximum Gasteiger partial charge on any atom is 0.0925 e. The lowest BCUT2D eigenvalue weighted by atomic mass is 10.1. The van der Waals surface area contributed by atoms with E-state index >= 15 is 0 Å². The topological polar surface area (TPSA) is 28.7 Å². The van der Waals surface area contributed by atoms with Crippen molar-refractivity contribution in [2.24, 2.45) is 0 Å². The third-order valence-electron chi connectivity index (χ3n) is 3.27. The molecule has 0 spiro atoms. The summed E-state index contributed by atoms with van der Waals surface area (Å²) in [5.41, 5.74) is 4.79. The summed E-state index contributed by atoms with van der Waals surface area (Å²) < 4.78 is 0. The Bertz CT molecular complexity index is 672. The van der Waals surface area contributed by atoms with Gasteiger partial charge in [-0.1, -0.05) is 42.5 Å². The highest BCUT2D eigenvalue weighted by molar-refractivity contribution is 7.98. The Morgan fingerprint density at radius 1 is 0.950 bits per heavy atom. The average Bonchev–Trinajstić information content (AvgIpc) is 2.92. The van der Waals surface area contributed by atoms with Crippen LogP contribution in [-0.4, -0.2) is 9.97 Å². The molecule has 0 aliphatic heterocycles. The van der Waals surface area contributed by atoms with Crippen LogP contribution >= 0.6 is 11.8 Å². The summed E-state index contributed by atoms with van der Waals surface area (Å²) in [7, 11) is 0. The number of hydrogen-bond acceptors (Lipinski definition) is 2. The number of imidazole rings is 1. The van der Waals surface area contributed by atoms with Gasteiger partial charge in [0.1, 0.15) is 0 Å². The van der Waals surface area contributed by atoms with E-state index in [-0.39, 0.29) is 0 Å². The van der Waals surface area contributed by atoms with Gasteiger partial charge < -0.3 is 4.98 Å². The molecule has 2 nitrogen and oxygen atoms in total. The van der Waals surface area contributed by atoms with E-state index in [9.17, 15) is 0 Å². The molecule has 0 atom stereocenters. The highest BCUT2D eigenvalue weighted by atomic mass is 32.2. The van der Waals surface area contributed by atoms with E-state index in [1.807, 2.05) is 17.8 Å². The third-order valence-corrected chi connectivity index (χ3v) is 4.29. The van der Waals surface area contributed by atoms with Gasteiger partial charge in [0.05, 0.1) is 12.0 Å². The lowest BCUT2D eigenvalue weighted by Gasteiger charge is -2.04. The summed E-state index contributed by atoms with van der Waals surface area (Å²) in [6.45, 7) is 2.06. The number of rotatable bonds is 4. The fraction of sp³-hybridized carbons (Fsp3) is 0.118. The zero-order valence-corrected chi connectivity index (χ0v) is 12.2. The molecular weight excluding hydrogens is 264 g/mol. The van der Waals surface area contributed by atoms with E-state index in [2.05, 4.69) is 65.4 Å². The highest BCUT2D eigenvalue weighted by Crippen LogP contribution is 2.26. The van der Waals surface area contributed by atoms with Crippen molar-refractivity contribution in [3.8, 4) is 11.1 Å². The van der Waals surface area contributed by atoms with Gasteiger partial charge in [-0.2, -0.15) is 0 Å². The molecule has 0 saturated carbocycles. The zero-order chi connectivity index (χ0) is 13.8. The van der Waals surface area contributed by atoms with Gasteiger partial charge in [0.25, 0.3) is 0 Å². The first kappa shape index (κ1) is 13.0. The molecule has 0 bridgehead atoms. The van der Waals surface area contributed by atoms with Crippen LogP contribution in [0.4, 0.5) is 0 Å². The molecule has 0 radical (unpaired) electrons. The SMILES string of the molecule is Cc1[nH]cnc1CSc1ccc(-c2ccccc2)cc1. The predicted octanol–water partition coefficient (Wildman–Crippen LogP) is 4.68. The minimum atomic E-state index is 0.903. The van der Waals surface area contributed by atoms with Crippen molar-refractivity contribution < 1.29 is 0 Å². The van der Waals surface area contributed by atoms with Gasteiger partial charge in [0.15, 0.2) is 0 Å². The largest absolute Gasteiger partial charge is 0.348 e. The summed E-state index contributed by atoms with van der Waals surface area (Å²) in [5.74, 6) is 0.903. The molecule has 2 aromatic carbocycles. The minimum absolute atomic E-state index is 0.903. The first-order chi connectivity index (χ1) is 9.83. The molecule has 0 fully saturated rings. The summed E-state index contributed by atoms with van der Waals surface area (Å²) in [6.07, 6.45) is 1.75. The maximum absolute atomic E-state index is 4.32. The number of benzene rings is 2. The van der Waals surface area contributed by atoms with Gasteiger partial charge in [0.2, 0.25) is 0 Å². The first-order valence-electron chi connectivity index (χ1n) is 6.60. The van der Waals surface area contributed by atoms with Gasteiger partial charge in [-0.15, -0.1) is 11.8 Å². The molecule has 3 aromatic rings. The number of aromatic amines is 1. The number of hydrogen-bond donors (Lipinski definition) is 1. The molecule has 20 heavy (non-hydrogen) atoms.